The molecule has 21 heavy (non-hydrogen) atoms. The van der Waals surface area contributed by atoms with Gasteiger partial charge in [-0.05, 0) is 50.4 Å². The highest BCUT2D eigenvalue weighted by Gasteiger charge is 2.27. The lowest BCUT2D eigenvalue weighted by atomic mass is 10.1. The van der Waals surface area contributed by atoms with Crippen molar-refractivity contribution < 1.29 is 8.42 Å². The molecule has 0 bridgehead atoms. The molecule has 0 radical (unpaired) electrons. The van der Waals surface area contributed by atoms with Gasteiger partial charge in [0, 0.05) is 19.6 Å². The van der Waals surface area contributed by atoms with Crippen molar-refractivity contribution in [3.63, 3.8) is 0 Å². The summed E-state index contributed by atoms with van der Waals surface area (Å²) in [4.78, 5) is 0.411. The van der Waals surface area contributed by atoms with Gasteiger partial charge in [0.05, 0.1) is 4.90 Å². The van der Waals surface area contributed by atoms with Crippen molar-refractivity contribution in [2.75, 3.05) is 14.1 Å². The van der Waals surface area contributed by atoms with Crippen LogP contribution in [-0.2, 0) is 16.6 Å². The van der Waals surface area contributed by atoms with Gasteiger partial charge in [-0.2, -0.15) is 4.31 Å². The zero-order valence-electron chi connectivity index (χ0n) is 14.0. The minimum absolute atomic E-state index is 0.0117. The van der Waals surface area contributed by atoms with Crippen molar-refractivity contribution in [1.82, 2.24) is 9.62 Å². The lowest BCUT2D eigenvalue weighted by molar-refractivity contribution is 0.337. The summed E-state index contributed by atoms with van der Waals surface area (Å²) in [6, 6.07) is 5.46. The van der Waals surface area contributed by atoms with Crippen LogP contribution >= 0.6 is 0 Å². The summed E-state index contributed by atoms with van der Waals surface area (Å²) in [6.07, 6.45) is 0.852. The Hall–Kier alpha value is -0.910. The van der Waals surface area contributed by atoms with Crippen LogP contribution in [0.2, 0.25) is 0 Å². The van der Waals surface area contributed by atoms with Gasteiger partial charge in [0.2, 0.25) is 10.0 Å². The molecule has 0 spiro atoms. The summed E-state index contributed by atoms with van der Waals surface area (Å²) < 4.78 is 27.2. The molecule has 0 aromatic heterocycles. The largest absolute Gasteiger partial charge is 0.316 e. The number of sulfonamides is 1. The molecule has 4 nitrogen and oxygen atoms in total. The zero-order chi connectivity index (χ0) is 16.2. The molecule has 0 amide bonds. The highest BCUT2D eigenvalue weighted by molar-refractivity contribution is 7.89. The van der Waals surface area contributed by atoms with Crippen LogP contribution in [0.25, 0.3) is 0 Å². The maximum Gasteiger partial charge on any atom is 0.243 e. The molecule has 0 aliphatic rings. The Balaban J connectivity index is 3.16. The van der Waals surface area contributed by atoms with E-state index in [0.29, 0.717) is 17.4 Å². The highest BCUT2D eigenvalue weighted by atomic mass is 32.2. The maximum atomic E-state index is 12.8. The molecule has 0 heterocycles. The third-order valence-corrected chi connectivity index (χ3v) is 5.97. The molecule has 0 aliphatic carbocycles. The summed E-state index contributed by atoms with van der Waals surface area (Å²) in [7, 11) is 0.0820. The summed E-state index contributed by atoms with van der Waals surface area (Å²) in [5, 5.41) is 3.07. The lowest BCUT2D eigenvalue weighted by Crippen LogP contribution is -2.36. The smallest absolute Gasteiger partial charge is 0.243 e. The Morgan fingerprint density at radius 2 is 1.86 bits per heavy atom. The Kier molecular flexibility index (Phi) is 6.38. The zero-order valence-corrected chi connectivity index (χ0v) is 14.8. The first-order valence-corrected chi connectivity index (χ1v) is 8.87. The third-order valence-electron chi connectivity index (χ3n) is 3.85. The molecule has 1 aromatic rings. The summed E-state index contributed by atoms with van der Waals surface area (Å²) in [5.74, 6) is 0.467. The minimum atomic E-state index is -3.45. The van der Waals surface area contributed by atoms with E-state index in [2.05, 4.69) is 19.2 Å². The van der Waals surface area contributed by atoms with Crippen molar-refractivity contribution in [2.45, 2.75) is 51.6 Å². The molecule has 5 heteroatoms. The fourth-order valence-electron chi connectivity index (χ4n) is 2.54. The Bertz CT molecular complexity index is 568. The van der Waals surface area contributed by atoms with E-state index in [9.17, 15) is 8.42 Å². The van der Waals surface area contributed by atoms with Crippen LogP contribution in [0.15, 0.2) is 23.1 Å². The predicted octanol–water partition coefficient (Wildman–Crippen LogP) is 2.77. The second kappa shape index (κ2) is 7.38. The average Bonchev–Trinajstić information content (AvgIpc) is 2.39. The molecule has 0 fully saturated rings. The third kappa shape index (κ3) is 4.28. The van der Waals surface area contributed by atoms with Gasteiger partial charge in [-0.1, -0.05) is 26.0 Å². The first-order chi connectivity index (χ1) is 9.71. The van der Waals surface area contributed by atoms with Gasteiger partial charge in [0.15, 0.2) is 0 Å². The van der Waals surface area contributed by atoms with Crippen molar-refractivity contribution in [2.24, 2.45) is 5.92 Å². The van der Waals surface area contributed by atoms with Crippen LogP contribution < -0.4 is 5.32 Å². The molecule has 1 unspecified atom stereocenters. The van der Waals surface area contributed by atoms with Gasteiger partial charge in [0.25, 0.3) is 0 Å². The van der Waals surface area contributed by atoms with E-state index in [1.807, 2.05) is 33.0 Å². The summed E-state index contributed by atoms with van der Waals surface area (Å²) in [5.41, 5.74) is 1.85. The minimum Gasteiger partial charge on any atom is -0.316 e. The lowest BCUT2D eigenvalue weighted by Gasteiger charge is -2.26. The van der Waals surface area contributed by atoms with E-state index in [-0.39, 0.29) is 6.04 Å². The number of hydrogen-bond acceptors (Lipinski definition) is 3. The first kappa shape index (κ1) is 18.1. The second-order valence-corrected chi connectivity index (χ2v) is 8.04. The molecule has 0 aliphatic heterocycles. The molecule has 1 rings (SSSR count). The molecular formula is C16H28N2O2S. The van der Waals surface area contributed by atoms with E-state index in [4.69, 9.17) is 0 Å². The average molecular weight is 312 g/mol. The fourth-order valence-corrected chi connectivity index (χ4v) is 4.18. The quantitative estimate of drug-likeness (QED) is 0.842. The Morgan fingerprint density at radius 1 is 1.24 bits per heavy atom. The van der Waals surface area contributed by atoms with Crippen molar-refractivity contribution in [3.05, 3.63) is 29.3 Å². The number of rotatable bonds is 7. The summed E-state index contributed by atoms with van der Waals surface area (Å²) >= 11 is 0. The normalized spacial score (nSPS) is 13.9. The second-order valence-electron chi connectivity index (χ2n) is 6.07. The van der Waals surface area contributed by atoms with Crippen LogP contribution in [0.1, 0.15) is 38.3 Å². The van der Waals surface area contributed by atoms with Gasteiger partial charge in [-0.15, -0.1) is 0 Å². The van der Waals surface area contributed by atoms with Crippen LogP contribution in [0.4, 0.5) is 0 Å². The van der Waals surface area contributed by atoms with Gasteiger partial charge < -0.3 is 5.32 Å². The van der Waals surface area contributed by atoms with Crippen LogP contribution in [0.5, 0.6) is 0 Å². The molecule has 1 aromatic carbocycles. The molecule has 1 atom stereocenters. The Labute approximate surface area is 129 Å². The number of hydrogen-bond donors (Lipinski definition) is 1. The number of nitrogens with one attached hydrogen (secondary N) is 1. The van der Waals surface area contributed by atoms with Gasteiger partial charge >= 0.3 is 0 Å². The number of nitrogens with zero attached hydrogens (tertiary/aromatic N) is 1. The standard InChI is InChI=1S/C16H28N2O2S/c1-12(2)10-13(3)18(6)21(19,20)16-9-7-8-15(11-17-5)14(16)4/h7-9,12-13,17H,10-11H2,1-6H3. The maximum absolute atomic E-state index is 12.8. The van der Waals surface area contributed by atoms with Crippen LogP contribution in [0, 0.1) is 12.8 Å². The van der Waals surface area contributed by atoms with Crippen LogP contribution in [-0.4, -0.2) is 32.9 Å². The molecule has 120 valence electrons. The van der Waals surface area contributed by atoms with Gasteiger partial charge in [0.1, 0.15) is 0 Å². The van der Waals surface area contributed by atoms with E-state index in [1.165, 1.54) is 4.31 Å². The van der Waals surface area contributed by atoms with E-state index < -0.39 is 10.0 Å². The van der Waals surface area contributed by atoms with E-state index in [0.717, 1.165) is 17.5 Å². The SMILES string of the molecule is CNCc1cccc(S(=O)(=O)N(C)C(C)CC(C)C)c1C. The van der Waals surface area contributed by atoms with Gasteiger partial charge in [-0.3, -0.25) is 0 Å². The van der Waals surface area contributed by atoms with Crippen LogP contribution in [0.3, 0.4) is 0 Å². The molecule has 0 saturated carbocycles. The van der Waals surface area contributed by atoms with E-state index >= 15 is 0 Å². The topological polar surface area (TPSA) is 49.4 Å². The highest BCUT2D eigenvalue weighted by Crippen LogP contribution is 2.24. The van der Waals surface area contributed by atoms with Gasteiger partial charge in [-0.25, -0.2) is 8.42 Å². The van der Waals surface area contributed by atoms with Crippen molar-refractivity contribution in [1.29, 1.82) is 0 Å². The molecule has 1 N–H and O–H groups in total. The molecular weight excluding hydrogens is 284 g/mol. The predicted molar refractivity (Wildman–Crippen MR) is 87.8 cm³/mol. The molecule has 0 saturated heterocycles. The van der Waals surface area contributed by atoms with Crippen molar-refractivity contribution >= 4 is 10.0 Å². The Morgan fingerprint density at radius 3 is 2.38 bits per heavy atom. The summed E-state index contributed by atoms with van der Waals surface area (Å²) in [6.45, 7) is 8.72. The van der Waals surface area contributed by atoms with Crippen molar-refractivity contribution in [3.8, 4) is 0 Å². The number of benzene rings is 1. The van der Waals surface area contributed by atoms with E-state index in [1.54, 1.807) is 13.1 Å². The first-order valence-electron chi connectivity index (χ1n) is 7.43. The monoisotopic (exact) mass is 312 g/mol. The fraction of sp³-hybridized carbons (Fsp3) is 0.625.